The minimum Gasteiger partial charge on any atom is -0.497 e. The van der Waals surface area contributed by atoms with E-state index in [1.54, 1.807) is 14.2 Å². The summed E-state index contributed by atoms with van der Waals surface area (Å²) in [4.78, 5) is 15.8. The molecule has 1 aromatic heterocycles. The van der Waals surface area contributed by atoms with E-state index in [9.17, 15) is 4.79 Å². The van der Waals surface area contributed by atoms with E-state index in [4.69, 9.17) is 14.2 Å². The molecule has 5 aromatic rings. The molecule has 1 aliphatic heterocycles. The Kier molecular flexibility index (Phi) is 7.64. The van der Waals surface area contributed by atoms with Crippen molar-refractivity contribution >= 4 is 5.91 Å². The number of hydrogen-bond acceptors (Lipinski definition) is 5. The van der Waals surface area contributed by atoms with E-state index < -0.39 is 0 Å². The highest BCUT2D eigenvalue weighted by Gasteiger charge is 2.42. The molecule has 0 saturated heterocycles. The van der Waals surface area contributed by atoms with Crippen molar-refractivity contribution in [2.45, 2.75) is 26.0 Å². The van der Waals surface area contributed by atoms with Crippen LogP contribution in [0.2, 0.25) is 0 Å². The summed E-state index contributed by atoms with van der Waals surface area (Å²) in [7, 11) is 3.29. The van der Waals surface area contributed by atoms with Crippen molar-refractivity contribution in [2.75, 3.05) is 20.8 Å². The molecule has 1 aliphatic rings. The molecule has 1 amide bonds. The Morgan fingerprint density at radius 1 is 0.833 bits per heavy atom. The first-order valence-corrected chi connectivity index (χ1v) is 14.0. The van der Waals surface area contributed by atoms with Gasteiger partial charge in [-0.1, -0.05) is 78.4 Å². The number of rotatable bonds is 10. The zero-order chi connectivity index (χ0) is 29.1. The van der Waals surface area contributed by atoms with Gasteiger partial charge in [0.15, 0.2) is 11.5 Å². The fourth-order valence-corrected chi connectivity index (χ4v) is 5.46. The van der Waals surface area contributed by atoms with Crippen LogP contribution in [0.5, 0.6) is 17.2 Å². The third-order valence-corrected chi connectivity index (χ3v) is 7.73. The number of aromatic amines is 1. The number of ether oxygens (including phenoxy) is 3. The van der Waals surface area contributed by atoms with Crippen molar-refractivity contribution in [3.05, 3.63) is 131 Å². The minimum atomic E-state index is -0.349. The molecule has 212 valence electrons. The Balaban J connectivity index is 1.36. The molecule has 0 spiro atoms. The molecule has 0 saturated carbocycles. The number of carbonyl (C=O) groups excluding carboxylic acids is 1. The van der Waals surface area contributed by atoms with Gasteiger partial charge in [-0.25, -0.2) is 0 Å². The van der Waals surface area contributed by atoms with Gasteiger partial charge in [0.25, 0.3) is 5.91 Å². The number of fused-ring (bicyclic) bond motifs is 1. The van der Waals surface area contributed by atoms with E-state index in [1.807, 2.05) is 77.7 Å². The van der Waals surface area contributed by atoms with Crippen LogP contribution >= 0.6 is 0 Å². The summed E-state index contributed by atoms with van der Waals surface area (Å²) >= 11 is 0. The standard InChI is InChI=1S/C35H33N3O4/c1-23-9-13-26(14-10-23)32-31-33(37-36-32)35(39)38(20-19-24-11-16-28(40-2)17-12-24)34(31)27-15-18-29(30(21-27)41-3)42-22-25-7-5-4-6-8-25/h4-18,21,34H,19-20,22H2,1-3H3,(H,36,37). The van der Waals surface area contributed by atoms with Gasteiger partial charge in [0.2, 0.25) is 0 Å². The number of benzene rings is 4. The zero-order valence-electron chi connectivity index (χ0n) is 24.0. The van der Waals surface area contributed by atoms with Crippen molar-refractivity contribution in [3.63, 3.8) is 0 Å². The van der Waals surface area contributed by atoms with Crippen LogP contribution in [-0.4, -0.2) is 41.8 Å². The molecular formula is C35H33N3O4. The number of hydrogen-bond donors (Lipinski definition) is 1. The van der Waals surface area contributed by atoms with E-state index in [0.29, 0.717) is 36.8 Å². The lowest BCUT2D eigenvalue weighted by atomic mass is 9.95. The molecular weight excluding hydrogens is 526 g/mol. The van der Waals surface area contributed by atoms with Crippen LogP contribution in [-0.2, 0) is 13.0 Å². The molecule has 1 unspecified atom stereocenters. The van der Waals surface area contributed by atoms with Gasteiger partial charge in [0.05, 0.1) is 26.0 Å². The molecule has 2 heterocycles. The fraction of sp³-hybridized carbons (Fsp3) is 0.200. The second kappa shape index (κ2) is 11.8. The average Bonchev–Trinajstić information content (AvgIpc) is 3.58. The smallest absolute Gasteiger partial charge is 0.273 e. The van der Waals surface area contributed by atoms with Crippen molar-refractivity contribution in [3.8, 4) is 28.5 Å². The molecule has 1 N–H and O–H groups in total. The van der Waals surface area contributed by atoms with Gasteiger partial charge in [-0.2, -0.15) is 5.10 Å². The van der Waals surface area contributed by atoms with Gasteiger partial charge in [-0.15, -0.1) is 0 Å². The van der Waals surface area contributed by atoms with E-state index >= 15 is 0 Å². The summed E-state index contributed by atoms with van der Waals surface area (Å²) in [5.41, 5.74) is 7.41. The lowest BCUT2D eigenvalue weighted by molar-refractivity contribution is 0.0745. The predicted molar refractivity (Wildman–Crippen MR) is 162 cm³/mol. The van der Waals surface area contributed by atoms with Crippen LogP contribution in [0.25, 0.3) is 11.3 Å². The lowest BCUT2D eigenvalue weighted by Gasteiger charge is -2.27. The topological polar surface area (TPSA) is 76.7 Å². The van der Waals surface area contributed by atoms with Gasteiger partial charge >= 0.3 is 0 Å². The average molecular weight is 560 g/mol. The normalized spacial score (nSPS) is 14.1. The molecule has 0 fully saturated rings. The quantitative estimate of drug-likeness (QED) is 0.204. The third kappa shape index (κ3) is 5.33. The zero-order valence-corrected chi connectivity index (χ0v) is 24.0. The number of nitrogens with one attached hydrogen (secondary N) is 1. The molecule has 42 heavy (non-hydrogen) atoms. The van der Waals surface area contributed by atoms with Crippen molar-refractivity contribution in [2.24, 2.45) is 0 Å². The van der Waals surface area contributed by atoms with Crippen LogP contribution in [0.1, 0.15) is 44.3 Å². The van der Waals surface area contributed by atoms with Crippen LogP contribution < -0.4 is 14.2 Å². The summed E-state index contributed by atoms with van der Waals surface area (Å²) in [6.07, 6.45) is 0.694. The number of methoxy groups -OCH3 is 2. The Hall–Kier alpha value is -5.04. The minimum absolute atomic E-state index is 0.0715. The van der Waals surface area contributed by atoms with Gasteiger partial charge in [0.1, 0.15) is 18.1 Å². The second-order valence-electron chi connectivity index (χ2n) is 10.4. The number of carbonyl (C=O) groups is 1. The first-order valence-electron chi connectivity index (χ1n) is 14.0. The summed E-state index contributed by atoms with van der Waals surface area (Å²) < 4.78 is 17.2. The van der Waals surface area contributed by atoms with E-state index in [0.717, 1.165) is 44.8 Å². The predicted octanol–water partition coefficient (Wildman–Crippen LogP) is 6.77. The number of aryl methyl sites for hydroxylation is 1. The van der Waals surface area contributed by atoms with Crippen LogP contribution in [0.3, 0.4) is 0 Å². The highest BCUT2D eigenvalue weighted by atomic mass is 16.5. The maximum atomic E-state index is 13.9. The Bertz CT molecular complexity index is 1680. The largest absolute Gasteiger partial charge is 0.497 e. The highest BCUT2D eigenvalue weighted by molar-refractivity contribution is 6.00. The van der Waals surface area contributed by atoms with Crippen molar-refractivity contribution in [1.29, 1.82) is 0 Å². The fourth-order valence-electron chi connectivity index (χ4n) is 5.46. The number of H-pyrrole nitrogens is 1. The summed E-state index contributed by atoms with van der Waals surface area (Å²) in [6.45, 7) is 3.01. The summed E-state index contributed by atoms with van der Waals surface area (Å²) in [6, 6.07) is 31.8. The molecule has 0 bridgehead atoms. The maximum Gasteiger partial charge on any atom is 0.273 e. The number of amides is 1. The molecule has 0 aliphatic carbocycles. The molecule has 1 atom stereocenters. The van der Waals surface area contributed by atoms with Crippen LogP contribution in [0.15, 0.2) is 97.1 Å². The number of nitrogens with zero attached hydrogens (tertiary/aromatic N) is 2. The van der Waals surface area contributed by atoms with Gasteiger partial charge in [0, 0.05) is 17.7 Å². The molecule has 0 radical (unpaired) electrons. The third-order valence-electron chi connectivity index (χ3n) is 7.73. The molecule has 4 aromatic carbocycles. The maximum absolute atomic E-state index is 13.9. The van der Waals surface area contributed by atoms with E-state index in [1.165, 1.54) is 0 Å². The van der Waals surface area contributed by atoms with Crippen molar-refractivity contribution in [1.82, 2.24) is 15.1 Å². The van der Waals surface area contributed by atoms with Gasteiger partial charge in [-0.3, -0.25) is 9.89 Å². The Morgan fingerprint density at radius 3 is 2.31 bits per heavy atom. The molecule has 6 rings (SSSR count). The molecule has 7 heteroatoms. The Labute approximate surface area is 245 Å². The second-order valence-corrected chi connectivity index (χ2v) is 10.4. The SMILES string of the molecule is COc1ccc(CCN2C(=O)c3[nH]nc(-c4ccc(C)cc4)c3C2c2ccc(OCc3ccccc3)c(OC)c2)cc1. The highest BCUT2D eigenvalue weighted by Crippen LogP contribution is 2.44. The summed E-state index contributed by atoms with van der Waals surface area (Å²) in [5.74, 6) is 1.99. The number of aromatic nitrogens is 2. The van der Waals surface area contributed by atoms with Gasteiger partial charge < -0.3 is 19.1 Å². The lowest BCUT2D eigenvalue weighted by Crippen LogP contribution is -2.31. The van der Waals surface area contributed by atoms with Crippen LogP contribution in [0, 0.1) is 6.92 Å². The monoisotopic (exact) mass is 559 g/mol. The van der Waals surface area contributed by atoms with Gasteiger partial charge in [-0.05, 0) is 54.3 Å². The van der Waals surface area contributed by atoms with Crippen LogP contribution in [0.4, 0.5) is 0 Å². The van der Waals surface area contributed by atoms with E-state index in [2.05, 4.69) is 41.4 Å². The molecule has 7 nitrogen and oxygen atoms in total. The Morgan fingerprint density at radius 2 is 1.60 bits per heavy atom. The van der Waals surface area contributed by atoms with E-state index in [-0.39, 0.29) is 11.9 Å². The first-order chi connectivity index (χ1) is 20.6. The van der Waals surface area contributed by atoms with Crippen molar-refractivity contribution < 1.29 is 19.0 Å². The summed E-state index contributed by atoms with van der Waals surface area (Å²) in [5, 5.41) is 7.67. The first kappa shape index (κ1) is 27.1.